The molecule has 1 aliphatic carbocycles. The molecule has 116 valence electrons. The summed E-state index contributed by atoms with van der Waals surface area (Å²) < 4.78 is 1.03. The van der Waals surface area contributed by atoms with Gasteiger partial charge in [0.2, 0.25) is 0 Å². The van der Waals surface area contributed by atoms with E-state index in [1.165, 1.54) is 38.5 Å². The van der Waals surface area contributed by atoms with Crippen LogP contribution in [-0.2, 0) is 0 Å². The number of anilines is 2. The molecule has 3 rings (SSSR count). The molecule has 1 aromatic heterocycles. The van der Waals surface area contributed by atoms with Gasteiger partial charge in [0.05, 0.1) is 0 Å². The lowest BCUT2D eigenvalue weighted by atomic mass is 9.78. The summed E-state index contributed by atoms with van der Waals surface area (Å²) in [5, 5.41) is 3.39. The lowest BCUT2D eigenvalue weighted by Crippen LogP contribution is -2.47. The number of nitrogens with one attached hydrogen (secondary N) is 1. The standard InChI is InChI=1S/C16H25BrN4/c1-2-9-18-15-14(17)16(20-11-19-15)21-10-5-7-12-6-3-4-8-13(12)21/h11-13H,2-10H2,1H3,(H,18,19,20). The number of rotatable bonds is 4. The van der Waals surface area contributed by atoms with Gasteiger partial charge in [0.15, 0.2) is 0 Å². The van der Waals surface area contributed by atoms with Crippen molar-refractivity contribution >= 4 is 27.6 Å². The molecule has 21 heavy (non-hydrogen) atoms. The number of fused-ring (bicyclic) bond motifs is 1. The van der Waals surface area contributed by atoms with Crippen molar-refractivity contribution in [2.45, 2.75) is 57.9 Å². The van der Waals surface area contributed by atoms with Gasteiger partial charge in [-0.25, -0.2) is 9.97 Å². The maximum Gasteiger partial charge on any atom is 0.148 e. The third kappa shape index (κ3) is 3.17. The second kappa shape index (κ2) is 6.95. The Hall–Kier alpha value is -0.840. The summed E-state index contributed by atoms with van der Waals surface area (Å²) in [6.07, 6.45) is 11.0. The molecule has 1 saturated heterocycles. The van der Waals surface area contributed by atoms with E-state index in [0.717, 1.165) is 41.5 Å². The summed E-state index contributed by atoms with van der Waals surface area (Å²) in [5.74, 6) is 2.88. The first-order valence-electron chi connectivity index (χ1n) is 8.32. The molecule has 2 unspecified atom stereocenters. The first-order valence-corrected chi connectivity index (χ1v) is 9.11. The molecule has 2 aliphatic rings. The lowest BCUT2D eigenvalue weighted by molar-refractivity contribution is 0.242. The van der Waals surface area contributed by atoms with Gasteiger partial charge in [0, 0.05) is 19.1 Å². The Labute approximate surface area is 135 Å². The zero-order chi connectivity index (χ0) is 14.7. The van der Waals surface area contributed by atoms with Crippen molar-refractivity contribution in [3.63, 3.8) is 0 Å². The van der Waals surface area contributed by atoms with Crippen LogP contribution in [0.4, 0.5) is 11.6 Å². The third-order valence-corrected chi connectivity index (χ3v) is 5.56. The van der Waals surface area contributed by atoms with Gasteiger partial charge in [0.25, 0.3) is 0 Å². The van der Waals surface area contributed by atoms with Crippen molar-refractivity contribution in [1.82, 2.24) is 9.97 Å². The SMILES string of the molecule is CCCNc1ncnc(N2CCCC3CCCCC32)c1Br. The Morgan fingerprint density at radius 2 is 2.05 bits per heavy atom. The maximum atomic E-state index is 4.59. The van der Waals surface area contributed by atoms with Crippen molar-refractivity contribution in [2.75, 3.05) is 23.3 Å². The van der Waals surface area contributed by atoms with Gasteiger partial charge in [-0.3, -0.25) is 0 Å². The molecule has 0 spiro atoms. The number of hydrogen-bond acceptors (Lipinski definition) is 4. The number of hydrogen-bond donors (Lipinski definition) is 1. The topological polar surface area (TPSA) is 41.1 Å². The van der Waals surface area contributed by atoms with E-state index in [9.17, 15) is 0 Å². The minimum Gasteiger partial charge on any atom is -0.369 e. The zero-order valence-electron chi connectivity index (χ0n) is 12.8. The Balaban J connectivity index is 1.84. The fourth-order valence-electron chi connectivity index (χ4n) is 3.82. The molecule has 1 aliphatic heterocycles. The van der Waals surface area contributed by atoms with Gasteiger partial charge < -0.3 is 10.2 Å². The van der Waals surface area contributed by atoms with Crippen LogP contribution >= 0.6 is 15.9 Å². The quantitative estimate of drug-likeness (QED) is 0.880. The number of halogens is 1. The minimum absolute atomic E-state index is 0.678. The maximum absolute atomic E-state index is 4.59. The Bertz CT molecular complexity index is 477. The molecule has 0 amide bonds. The Morgan fingerprint density at radius 3 is 2.90 bits per heavy atom. The minimum atomic E-state index is 0.678. The highest BCUT2D eigenvalue weighted by Gasteiger charge is 2.34. The van der Waals surface area contributed by atoms with Crippen LogP contribution < -0.4 is 10.2 Å². The molecule has 2 atom stereocenters. The van der Waals surface area contributed by atoms with Gasteiger partial charge in [-0.15, -0.1) is 0 Å². The van der Waals surface area contributed by atoms with Crippen LogP contribution in [0.25, 0.3) is 0 Å². The predicted octanol–water partition coefficient (Wildman–Crippen LogP) is 4.22. The van der Waals surface area contributed by atoms with Gasteiger partial charge in [-0.05, 0) is 54.0 Å². The van der Waals surface area contributed by atoms with Crippen LogP contribution in [-0.4, -0.2) is 29.1 Å². The molecule has 4 nitrogen and oxygen atoms in total. The van der Waals surface area contributed by atoms with Crippen LogP contribution in [0.2, 0.25) is 0 Å². The summed E-state index contributed by atoms with van der Waals surface area (Å²) in [5.41, 5.74) is 0. The zero-order valence-corrected chi connectivity index (χ0v) is 14.4. The number of aromatic nitrogens is 2. The van der Waals surface area contributed by atoms with Crippen LogP contribution in [0.5, 0.6) is 0 Å². The molecular formula is C16H25BrN4. The summed E-state index contributed by atoms with van der Waals surface area (Å²) in [7, 11) is 0. The average Bonchev–Trinajstić information content (AvgIpc) is 2.53. The molecule has 1 aromatic rings. The average molecular weight is 353 g/mol. The van der Waals surface area contributed by atoms with E-state index < -0.39 is 0 Å². The Kier molecular flexibility index (Phi) is 4.99. The summed E-state index contributed by atoms with van der Waals surface area (Å²) in [6.45, 7) is 4.24. The van der Waals surface area contributed by atoms with E-state index in [1.807, 2.05) is 0 Å². The van der Waals surface area contributed by atoms with Gasteiger partial charge in [-0.1, -0.05) is 19.8 Å². The highest BCUT2D eigenvalue weighted by Crippen LogP contribution is 2.40. The molecule has 0 aromatic carbocycles. The first kappa shape index (κ1) is 15.1. The highest BCUT2D eigenvalue weighted by atomic mass is 79.9. The number of nitrogens with zero attached hydrogens (tertiary/aromatic N) is 3. The van der Waals surface area contributed by atoms with Crippen molar-refractivity contribution in [1.29, 1.82) is 0 Å². The van der Waals surface area contributed by atoms with E-state index >= 15 is 0 Å². The highest BCUT2D eigenvalue weighted by molar-refractivity contribution is 9.10. The molecule has 2 heterocycles. The van der Waals surface area contributed by atoms with Crippen molar-refractivity contribution in [3.8, 4) is 0 Å². The molecule has 2 fully saturated rings. The van der Waals surface area contributed by atoms with Crippen molar-refractivity contribution < 1.29 is 0 Å². The molecule has 5 heteroatoms. The second-order valence-corrected chi connectivity index (χ2v) is 7.03. The van der Waals surface area contributed by atoms with Crippen molar-refractivity contribution in [2.24, 2.45) is 5.92 Å². The van der Waals surface area contributed by atoms with Crippen LogP contribution in [0.15, 0.2) is 10.8 Å². The summed E-state index contributed by atoms with van der Waals surface area (Å²) in [4.78, 5) is 11.5. The lowest BCUT2D eigenvalue weighted by Gasteiger charge is -2.45. The fourth-order valence-corrected chi connectivity index (χ4v) is 4.39. The van der Waals surface area contributed by atoms with E-state index in [1.54, 1.807) is 6.33 Å². The number of piperidine rings is 1. The van der Waals surface area contributed by atoms with E-state index in [0.29, 0.717) is 6.04 Å². The second-order valence-electron chi connectivity index (χ2n) is 6.23. The smallest absolute Gasteiger partial charge is 0.148 e. The molecular weight excluding hydrogens is 328 g/mol. The molecule has 0 radical (unpaired) electrons. The predicted molar refractivity (Wildman–Crippen MR) is 90.8 cm³/mol. The van der Waals surface area contributed by atoms with Crippen LogP contribution in [0.1, 0.15) is 51.9 Å². The van der Waals surface area contributed by atoms with Crippen molar-refractivity contribution in [3.05, 3.63) is 10.8 Å². The monoisotopic (exact) mass is 352 g/mol. The van der Waals surface area contributed by atoms with E-state index in [-0.39, 0.29) is 0 Å². The molecule has 0 bridgehead atoms. The van der Waals surface area contributed by atoms with Crippen LogP contribution in [0, 0.1) is 5.92 Å². The molecule has 1 N–H and O–H groups in total. The largest absolute Gasteiger partial charge is 0.369 e. The van der Waals surface area contributed by atoms with Gasteiger partial charge in [0.1, 0.15) is 22.4 Å². The van der Waals surface area contributed by atoms with E-state index in [4.69, 9.17) is 0 Å². The fraction of sp³-hybridized carbons (Fsp3) is 0.750. The van der Waals surface area contributed by atoms with E-state index in [2.05, 4.69) is 43.0 Å². The van der Waals surface area contributed by atoms with Gasteiger partial charge >= 0.3 is 0 Å². The van der Waals surface area contributed by atoms with Gasteiger partial charge in [-0.2, -0.15) is 0 Å². The summed E-state index contributed by atoms with van der Waals surface area (Å²) in [6, 6.07) is 0.678. The third-order valence-electron chi connectivity index (χ3n) is 4.83. The normalized spacial score (nSPS) is 25.5. The Morgan fingerprint density at radius 1 is 1.24 bits per heavy atom. The summed E-state index contributed by atoms with van der Waals surface area (Å²) >= 11 is 3.73. The molecule has 1 saturated carbocycles. The first-order chi connectivity index (χ1) is 10.3. The van der Waals surface area contributed by atoms with Crippen LogP contribution in [0.3, 0.4) is 0 Å².